The molecular formula is C12H15Cl2N3O. The van der Waals surface area contributed by atoms with E-state index in [2.05, 4.69) is 10.6 Å². The van der Waals surface area contributed by atoms with Crippen molar-refractivity contribution in [1.29, 1.82) is 0 Å². The van der Waals surface area contributed by atoms with Crippen LogP contribution in [0.5, 0.6) is 0 Å². The molecular weight excluding hydrogens is 273 g/mol. The van der Waals surface area contributed by atoms with Gasteiger partial charge in [-0.2, -0.15) is 0 Å². The molecule has 1 aliphatic heterocycles. The van der Waals surface area contributed by atoms with Gasteiger partial charge in [-0.1, -0.05) is 23.2 Å². The van der Waals surface area contributed by atoms with Crippen molar-refractivity contribution in [2.24, 2.45) is 0 Å². The zero-order valence-corrected chi connectivity index (χ0v) is 11.6. The van der Waals surface area contributed by atoms with Crippen LogP contribution in [-0.2, 0) is 0 Å². The molecule has 1 aromatic rings. The molecule has 0 radical (unpaired) electrons. The predicted octanol–water partition coefficient (Wildman–Crippen LogP) is 2.82. The first kappa shape index (κ1) is 13.5. The van der Waals surface area contributed by atoms with E-state index in [4.69, 9.17) is 23.2 Å². The molecule has 2 N–H and O–H groups in total. The molecule has 1 aromatic carbocycles. The molecule has 1 atom stereocenters. The molecule has 2 rings (SSSR count). The van der Waals surface area contributed by atoms with Crippen LogP contribution in [0.15, 0.2) is 18.2 Å². The molecule has 98 valence electrons. The molecule has 6 heteroatoms. The van der Waals surface area contributed by atoms with Crippen molar-refractivity contribution in [3.8, 4) is 0 Å². The summed E-state index contributed by atoms with van der Waals surface area (Å²) in [6, 6.07) is 5.04. The monoisotopic (exact) mass is 287 g/mol. The van der Waals surface area contributed by atoms with E-state index >= 15 is 0 Å². The number of amides is 2. The Morgan fingerprint density at radius 3 is 2.67 bits per heavy atom. The van der Waals surface area contributed by atoms with Gasteiger partial charge in [0.25, 0.3) is 0 Å². The third kappa shape index (κ3) is 3.28. The van der Waals surface area contributed by atoms with Gasteiger partial charge in [0.15, 0.2) is 0 Å². The Balaban J connectivity index is 2.06. The molecule has 0 bridgehead atoms. The average molecular weight is 288 g/mol. The zero-order valence-electron chi connectivity index (χ0n) is 10.0. The van der Waals surface area contributed by atoms with E-state index < -0.39 is 0 Å². The van der Waals surface area contributed by atoms with Crippen molar-refractivity contribution in [3.63, 3.8) is 0 Å². The maximum atomic E-state index is 12.1. The van der Waals surface area contributed by atoms with Gasteiger partial charge in [0.2, 0.25) is 0 Å². The van der Waals surface area contributed by atoms with Gasteiger partial charge in [-0.25, -0.2) is 4.79 Å². The van der Waals surface area contributed by atoms with Gasteiger partial charge in [0.1, 0.15) is 0 Å². The van der Waals surface area contributed by atoms with Crippen LogP contribution in [-0.4, -0.2) is 36.6 Å². The van der Waals surface area contributed by atoms with Crippen LogP contribution in [0.3, 0.4) is 0 Å². The SMILES string of the molecule is C[C@H]1CNCCN1C(=O)Nc1cc(Cl)cc(Cl)c1. The largest absolute Gasteiger partial charge is 0.322 e. The van der Waals surface area contributed by atoms with Crippen molar-refractivity contribution >= 4 is 34.9 Å². The number of nitrogens with one attached hydrogen (secondary N) is 2. The van der Waals surface area contributed by atoms with Gasteiger partial charge >= 0.3 is 6.03 Å². The van der Waals surface area contributed by atoms with E-state index in [0.717, 1.165) is 13.1 Å². The topological polar surface area (TPSA) is 44.4 Å². The van der Waals surface area contributed by atoms with Crippen LogP contribution in [0.1, 0.15) is 6.92 Å². The number of carbonyl (C=O) groups is 1. The lowest BCUT2D eigenvalue weighted by molar-refractivity contribution is 0.177. The summed E-state index contributed by atoms with van der Waals surface area (Å²) in [6.07, 6.45) is 0. The summed E-state index contributed by atoms with van der Waals surface area (Å²) in [7, 11) is 0. The molecule has 0 unspecified atom stereocenters. The highest BCUT2D eigenvalue weighted by molar-refractivity contribution is 6.35. The highest BCUT2D eigenvalue weighted by atomic mass is 35.5. The van der Waals surface area contributed by atoms with Gasteiger partial charge in [-0.15, -0.1) is 0 Å². The van der Waals surface area contributed by atoms with E-state index in [9.17, 15) is 4.79 Å². The second kappa shape index (κ2) is 5.78. The van der Waals surface area contributed by atoms with Gasteiger partial charge in [-0.05, 0) is 25.1 Å². The fourth-order valence-electron chi connectivity index (χ4n) is 1.96. The lowest BCUT2D eigenvalue weighted by Gasteiger charge is -2.33. The second-order valence-corrected chi connectivity index (χ2v) is 5.21. The van der Waals surface area contributed by atoms with Gasteiger partial charge in [0, 0.05) is 41.4 Å². The Morgan fingerprint density at radius 2 is 2.06 bits per heavy atom. The summed E-state index contributed by atoms with van der Waals surface area (Å²) in [6.45, 7) is 4.33. The summed E-state index contributed by atoms with van der Waals surface area (Å²) in [5.74, 6) is 0. The zero-order chi connectivity index (χ0) is 13.1. The van der Waals surface area contributed by atoms with Crippen molar-refractivity contribution in [2.75, 3.05) is 25.0 Å². The van der Waals surface area contributed by atoms with E-state index in [1.807, 2.05) is 6.92 Å². The molecule has 0 aromatic heterocycles. The number of carbonyl (C=O) groups excluding carboxylic acids is 1. The van der Waals surface area contributed by atoms with Gasteiger partial charge in [0.05, 0.1) is 0 Å². The normalized spacial score (nSPS) is 19.7. The van der Waals surface area contributed by atoms with Crippen LogP contribution in [0.4, 0.5) is 10.5 Å². The van der Waals surface area contributed by atoms with Crippen LogP contribution in [0.2, 0.25) is 10.0 Å². The standard InChI is InChI=1S/C12H15Cl2N3O/c1-8-7-15-2-3-17(8)12(18)16-11-5-9(13)4-10(14)6-11/h4-6,8,15H,2-3,7H2,1H3,(H,16,18)/t8-/m0/s1. The minimum Gasteiger partial charge on any atom is -0.319 e. The number of piperazine rings is 1. The smallest absolute Gasteiger partial charge is 0.319 e. The van der Waals surface area contributed by atoms with Crippen LogP contribution < -0.4 is 10.6 Å². The third-order valence-electron chi connectivity index (χ3n) is 2.88. The number of hydrogen-bond acceptors (Lipinski definition) is 2. The molecule has 1 heterocycles. The first-order valence-corrected chi connectivity index (χ1v) is 6.56. The van der Waals surface area contributed by atoms with E-state index in [0.29, 0.717) is 22.3 Å². The summed E-state index contributed by atoms with van der Waals surface area (Å²) in [4.78, 5) is 13.9. The Kier molecular flexibility index (Phi) is 4.32. The lowest BCUT2D eigenvalue weighted by atomic mass is 10.2. The van der Waals surface area contributed by atoms with Crippen LogP contribution >= 0.6 is 23.2 Å². The highest BCUT2D eigenvalue weighted by Crippen LogP contribution is 2.22. The van der Waals surface area contributed by atoms with E-state index in [1.54, 1.807) is 23.1 Å². The van der Waals surface area contributed by atoms with Crippen LogP contribution in [0, 0.1) is 0 Å². The Labute approximate surface area is 116 Å². The molecule has 0 spiro atoms. The Bertz CT molecular complexity index is 433. The maximum absolute atomic E-state index is 12.1. The van der Waals surface area contributed by atoms with E-state index in [1.165, 1.54) is 0 Å². The fraction of sp³-hybridized carbons (Fsp3) is 0.417. The minimum absolute atomic E-state index is 0.123. The third-order valence-corrected chi connectivity index (χ3v) is 3.31. The molecule has 1 saturated heterocycles. The maximum Gasteiger partial charge on any atom is 0.322 e. The molecule has 18 heavy (non-hydrogen) atoms. The summed E-state index contributed by atoms with van der Waals surface area (Å²) in [5.41, 5.74) is 0.614. The summed E-state index contributed by atoms with van der Waals surface area (Å²) < 4.78 is 0. The van der Waals surface area contributed by atoms with Crippen molar-refractivity contribution in [3.05, 3.63) is 28.2 Å². The molecule has 0 aliphatic carbocycles. The molecule has 1 fully saturated rings. The predicted molar refractivity (Wildman–Crippen MR) is 74.5 cm³/mol. The Morgan fingerprint density at radius 1 is 1.39 bits per heavy atom. The van der Waals surface area contributed by atoms with Crippen molar-refractivity contribution < 1.29 is 4.79 Å². The number of anilines is 1. The van der Waals surface area contributed by atoms with Crippen LogP contribution in [0.25, 0.3) is 0 Å². The van der Waals surface area contributed by atoms with Crippen molar-refractivity contribution in [1.82, 2.24) is 10.2 Å². The number of rotatable bonds is 1. The average Bonchev–Trinajstić information content (AvgIpc) is 2.27. The number of benzene rings is 1. The molecule has 2 amide bonds. The number of hydrogen-bond donors (Lipinski definition) is 2. The second-order valence-electron chi connectivity index (χ2n) is 4.33. The van der Waals surface area contributed by atoms with Gasteiger partial charge in [-0.3, -0.25) is 0 Å². The lowest BCUT2D eigenvalue weighted by Crippen LogP contribution is -2.53. The summed E-state index contributed by atoms with van der Waals surface area (Å²) >= 11 is 11.8. The number of urea groups is 1. The Hall–Kier alpha value is -0.970. The first-order chi connectivity index (χ1) is 8.56. The number of nitrogens with zero attached hydrogens (tertiary/aromatic N) is 1. The first-order valence-electron chi connectivity index (χ1n) is 5.80. The molecule has 1 aliphatic rings. The minimum atomic E-state index is -0.123. The van der Waals surface area contributed by atoms with E-state index in [-0.39, 0.29) is 12.1 Å². The molecule has 4 nitrogen and oxygen atoms in total. The quantitative estimate of drug-likeness (QED) is 0.834. The van der Waals surface area contributed by atoms with Crippen molar-refractivity contribution in [2.45, 2.75) is 13.0 Å². The highest BCUT2D eigenvalue weighted by Gasteiger charge is 2.22. The summed E-state index contributed by atoms with van der Waals surface area (Å²) in [5, 5.41) is 7.06. The number of halogens is 2. The van der Waals surface area contributed by atoms with Gasteiger partial charge < -0.3 is 15.5 Å². The fourth-order valence-corrected chi connectivity index (χ4v) is 2.49. The molecule has 0 saturated carbocycles.